The third-order valence-electron chi connectivity index (χ3n) is 3.26. The fourth-order valence-electron chi connectivity index (χ4n) is 2.24. The summed E-state index contributed by atoms with van der Waals surface area (Å²) in [5.41, 5.74) is 0.480. The van der Waals surface area contributed by atoms with Crippen LogP contribution in [0.15, 0.2) is 0 Å². The summed E-state index contributed by atoms with van der Waals surface area (Å²) in [7, 11) is 2.07. The largest absolute Gasteiger partial charge is 0.319 e. The van der Waals surface area contributed by atoms with Crippen molar-refractivity contribution in [3.8, 4) is 0 Å². The summed E-state index contributed by atoms with van der Waals surface area (Å²) in [6.45, 7) is 8.29. The molecule has 1 unspecified atom stereocenters. The van der Waals surface area contributed by atoms with Gasteiger partial charge in [0.2, 0.25) is 0 Å². The smallest absolute Gasteiger partial charge is 0.00159 e. The van der Waals surface area contributed by atoms with Crippen molar-refractivity contribution >= 4 is 0 Å². The third kappa shape index (κ3) is 2.22. The van der Waals surface area contributed by atoms with Gasteiger partial charge in [0.05, 0.1) is 0 Å². The molecule has 0 radical (unpaired) electrons. The zero-order valence-corrected chi connectivity index (χ0v) is 8.98. The van der Waals surface area contributed by atoms with Gasteiger partial charge in [-0.05, 0) is 30.8 Å². The van der Waals surface area contributed by atoms with Crippen LogP contribution < -0.4 is 5.32 Å². The van der Waals surface area contributed by atoms with Crippen LogP contribution in [0.2, 0.25) is 0 Å². The molecule has 1 aliphatic carbocycles. The van der Waals surface area contributed by atoms with Crippen molar-refractivity contribution in [2.45, 2.75) is 40.0 Å². The zero-order chi connectivity index (χ0) is 9.19. The van der Waals surface area contributed by atoms with Crippen LogP contribution in [0, 0.1) is 17.3 Å². The summed E-state index contributed by atoms with van der Waals surface area (Å²) in [5, 5.41) is 3.32. The van der Waals surface area contributed by atoms with Gasteiger partial charge in [0.1, 0.15) is 0 Å². The molecular formula is C11H23N. The van der Waals surface area contributed by atoms with E-state index in [1.165, 1.54) is 25.8 Å². The quantitative estimate of drug-likeness (QED) is 0.685. The van der Waals surface area contributed by atoms with Crippen LogP contribution >= 0.6 is 0 Å². The standard InChI is InChI=1S/C11H23N/c1-11(2,3)10(8-12-4)9-6-5-7-9/h9-10,12H,5-8H2,1-4H3. The van der Waals surface area contributed by atoms with Crippen molar-refractivity contribution in [1.82, 2.24) is 5.32 Å². The Labute approximate surface area is 76.9 Å². The molecule has 0 aromatic rings. The van der Waals surface area contributed by atoms with E-state index in [1.54, 1.807) is 0 Å². The van der Waals surface area contributed by atoms with Crippen molar-refractivity contribution < 1.29 is 0 Å². The second-order valence-electron chi connectivity index (χ2n) is 5.22. The summed E-state index contributed by atoms with van der Waals surface area (Å²) in [5.74, 6) is 1.87. The van der Waals surface area contributed by atoms with Crippen molar-refractivity contribution in [3.05, 3.63) is 0 Å². The molecule has 0 spiro atoms. The third-order valence-corrected chi connectivity index (χ3v) is 3.26. The fourth-order valence-corrected chi connectivity index (χ4v) is 2.24. The first-order valence-electron chi connectivity index (χ1n) is 5.20. The molecule has 1 N–H and O–H groups in total. The molecule has 1 atom stereocenters. The first kappa shape index (κ1) is 10.0. The maximum absolute atomic E-state index is 3.32. The number of hydrogen-bond donors (Lipinski definition) is 1. The molecule has 1 fully saturated rings. The van der Waals surface area contributed by atoms with E-state index in [1.807, 2.05) is 0 Å². The fraction of sp³-hybridized carbons (Fsp3) is 1.00. The van der Waals surface area contributed by atoms with Crippen molar-refractivity contribution in [1.29, 1.82) is 0 Å². The molecule has 0 saturated heterocycles. The number of rotatable bonds is 3. The molecule has 1 rings (SSSR count). The predicted octanol–water partition coefficient (Wildman–Crippen LogP) is 2.67. The van der Waals surface area contributed by atoms with Crippen LogP contribution in [-0.2, 0) is 0 Å². The van der Waals surface area contributed by atoms with Crippen LogP contribution in [-0.4, -0.2) is 13.6 Å². The average Bonchev–Trinajstić information content (AvgIpc) is 1.80. The van der Waals surface area contributed by atoms with E-state index in [0.717, 1.165) is 11.8 Å². The molecule has 0 heterocycles. The lowest BCUT2D eigenvalue weighted by Gasteiger charge is -2.41. The Balaban J connectivity index is 2.47. The summed E-state index contributed by atoms with van der Waals surface area (Å²) >= 11 is 0. The minimum Gasteiger partial charge on any atom is -0.319 e. The van der Waals surface area contributed by atoms with E-state index in [9.17, 15) is 0 Å². The normalized spacial score (nSPS) is 22.0. The Hall–Kier alpha value is -0.0400. The molecular weight excluding hydrogens is 146 g/mol. The summed E-state index contributed by atoms with van der Waals surface area (Å²) in [6.07, 6.45) is 4.38. The zero-order valence-electron chi connectivity index (χ0n) is 8.98. The second-order valence-corrected chi connectivity index (χ2v) is 5.22. The molecule has 1 heteroatoms. The van der Waals surface area contributed by atoms with E-state index in [2.05, 4.69) is 33.1 Å². The monoisotopic (exact) mass is 169 g/mol. The van der Waals surface area contributed by atoms with Crippen molar-refractivity contribution in [2.75, 3.05) is 13.6 Å². The van der Waals surface area contributed by atoms with E-state index in [0.29, 0.717) is 5.41 Å². The topological polar surface area (TPSA) is 12.0 Å². The van der Waals surface area contributed by atoms with Gasteiger partial charge in [-0.2, -0.15) is 0 Å². The Morgan fingerprint density at radius 3 is 2.17 bits per heavy atom. The first-order chi connectivity index (χ1) is 5.55. The summed E-state index contributed by atoms with van der Waals surface area (Å²) < 4.78 is 0. The maximum atomic E-state index is 3.32. The molecule has 0 amide bonds. The average molecular weight is 169 g/mol. The van der Waals surface area contributed by atoms with E-state index < -0.39 is 0 Å². The molecule has 72 valence electrons. The van der Waals surface area contributed by atoms with Gasteiger partial charge in [0.15, 0.2) is 0 Å². The highest BCUT2D eigenvalue weighted by atomic mass is 14.8. The van der Waals surface area contributed by atoms with Gasteiger partial charge in [-0.25, -0.2) is 0 Å². The van der Waals surface area contributed by atoms with Gasteiger partial charge in [0.25, 0.3) is 0 Å². The van der Waals surface area contributed by atoms with E-state index >= 15 is 0 Å². The number of hydrogen-bond acceptors (Lipinski definition) is 1. The molecule has 12 heavy (non-hydrogen) atoms. The van der Waals surface area contributed by atoms with Crippen LogP contribution in [0.5, 0.6) is 0 Å². The van der Waals surface area contributed by atoms with Crippen LogP contribution in [0.4, 0.5) is 0 Å². The Morgan fingerprint density at radius 2 is 1.92 bits per heavy atom. The van der Waals surface area contributed by atoms with E-state index in [-0.39, 0.29) is 0 Å². The first-order valence-corrected chi connectivity index (χ1v) is 5.20. The van der Waals surface area contributed by atoms with E-state index in [4.69, 9.17) is 0 Å². The van der Waals surface area contributed by atoms with Gasteiger partial charge in [0, 0.05) is 0 Å². The van der Waals surface area contributed by atoms with Crippen LogP contribution in [0.3, 0.4) is 0 Å². The van der Waals surface area contributed by atoms with Crippen molar-refractivity contribution in [2.24, 2.45) is 17.3 Å². The molecule has 1 saturated carbocycles. The molecule has 0 aromatic carbocycles. The highest BCUT2D eigenvalue weighted by Crippen LogP contribution is 2.41. The lowest BCUT2D eigenvalue weighted by molar-refractivity contribution is 0.0976. The minimum absolute atomic E-state index is 0.480. The summed E-state index contributed by atoms with van der Waals surface area (Å²) in [4.78, 5) is 0. The second kappa shape index (κ2) is 3.78. The van der Waals surface area contributed by atoms with Crippen LogP contribution in [0.1, 0.15) is 40.0 Å². The Kier molecular flexibility index (Phi) is 3.16. The molecule has 1 nitrogen and oxygen atoms in total. The molecule has 0 aromatic heterocycles. The molecule has 0 bridgehead atoms. The van der Waals surface area contributed by atoms with Gasteiger partial charge in [-0.15, -0.1) is 0 Å². The van der Waals surface area contributed by atoms with Crippen LogP contribution in [0.25, 0.3) is 0 Å². The molecule has 1 aliphatic rings. The van der Waals surface area contributed by atoms with Crippen molar-refractivity contribution in [3.63, 3.8) is 0 Å². The minimum atomic E-state index is 0.480. The lowest BCUT2D eigenvalue weighted by atomic mass is 9.65. The Morgan fingerprint density at radius 1 is 1.33 bits per heavy atom. The predicted molar refractivity (Wildman–Crippen MR) is 54.2 cm³/mol. The van der Waals surface area contributed by atoms with Gasteiger partial charge in [-0.1, -0.05) is 40.0 Å². The Bertz CT molecular complexity index is 130. The SMILES string of the molecule is CNCC(C1CCC1)C(C)(C)C. The lowest BCUT2D eigenvalue weighted by Crippen LogP contribution is -2.38. The highest BCUT2D eigenvalue weighted by Gasteiger charge is 2.34. The van der Waals surface area contributed by atoms with Gasteiger partial charge >= 0.3 is 0 Å². The highest BCUT2D eigenvalue weighted by molar-refractivity contribution is 4.86. The number of nitrogens with one attached hydrogen (secondary N) is 1. The van der Waals surface area contributed by atoms with Gasteiger partial charge in [-0.3, -0.25) is 0 Å². The maximum Gasteiger partial charge on any atom is -0.00159 e. The summed E-state index contributed by atoms with van der Waals surface area (Å²) in [6, 6.07) is 0. The molecule has 0 aliphatic heterocycles. The van der Waals surface area contributed by atoms with Gasteiger partial charge < -0.3 is 5.32 Å².